The van der Waals surface area contributed by atoms with Gasteiger partial charge < -0.3 is 15.6 Å². The van der Waals surface area contributed by atoms with Gasteiger partial charge in [0.05, 0.1) is 16.0 Å². The van der Waals surface area contributed by atoms with E-state index in [0.29, 0.717) is 13.1 Å². The number of nitrogens with zero attached hydrogens (tertiary/aromatic N) is 3. The zero-order valence-electron chi connectivity index (χ0n) is 16.0. The van der Waals surface area contributed by atoms with Gasteiger partial charge >= 0.3 is 0 Å². The third-order valence-corrected chi connectivity index (χ3v) is 5.50. The first-order valence-electron chi connectivity index (χ1n) is 9.73. The number of hydrogen-bond acceptors (Lipinski definition) is 5. The number of carbonyl (C=O) groups excluding carboxylic acids is 1. The van der Waals surface area contributed by atoms with E-state index in [2.05, 4.69) is 9.97 Å². The van der Waals surface area contributed by atoms with Crippen LogP contribution >= 0.6 is 0 Å². The zero-order valence-corrected chi connectivity index (χ0v) is 16.0. The number of rotatable bonds is 5. The number of nitrogens with two attached hydrogens (primary N) is 1. The molecule has 1 amide bonds. The highest BCUT2D eigenvalue weighted by Crippen LogP contribution is 2.28. The molecule has 8 heteroatoms. The van der Waals surface area contributed by atoms with E-state index in [0.717, 1.165) is 35.3 Å². The third-order valence-electron chi connectivity index (χ3n) is 5.50. The molecule has 2 atom stereocenters. The number of non-ortho nitro benzene ring substituents is 1. The molecular formula is C21H23N5O3. The van der Waals surface area contributed by atoms with Crippen LogP contribution in [0.3, 0.4) is 0 Å². The monoisotopic (exact) mass is 393 g/mol. The number of H-pyrrole nitrogens is 1. The Hall–Kier alpha value is -3.26. The van der Waals surface area contributed by atoms with E-state index in [-0.39, 0.29) is 23.9 Å². The number of nitro benzene ring substituents is 1. The van der Waals surface area contributed by atoms with Crippen molar-refractivity contribution in [2.24, 2.45) is 5.73 Å². The molecule has 29 heavy (non-hydrogen) atoms. The molecule has 3 aromatic rings. The molecule has 150 valence electrons. The summed E-state index contributed by atoms with van der Waals surface area (Å²) >= 11 is 0. The van der Waals surface area contributed by atoms with Crippen molar-refractivity contribution < 1.29 is 9.72 Å². The molecule has 2 aromatic carbocycles. The molecule has 1 fully saturated rings. The second-order valence-corrected chi connectivity index (χ2v) is 7.48. The van der Waals surface area contributed by atoms with Gasteiger partial charge in [-0.1, -0.05) is 24.3 Å². The number of imidazole rings is 1. The van der Waals surface area contributed by atoms with Crippen LogP contribution in [0.15, 0.2) is 48.5 Å². The molecule has 3 N–H and O–H groups in total. The van der Waals surface area contributed by atoms with E-state index in [1.54, 1.807) is 12.1 Å². The normalized spacial score (nSPS) is 18.0. The van der Waals surface area contributed by atoms with Crippen LogP contribution in [-0.2, 0) is 4.79 Å². The average Bonchev–Trinajstić information content (AvgIpc) is 3.18. The number of carbonyl (C=O) groups is 1. The summed E-state index contributed by atoms with van der Waals surface area (Å²) in [6.07, 6.45) is 2.07. The second-order valence-electron chi connectivity index (χ2n) is 7.48. The Labute approximate surface area is 167 Å². The van der Waals surface area contributed by atoms with Crippen LogP contribution in [0, 0.1) is 10.1 Å². The number of aromatic amines is 1. The highest BCUT2D eigenvalue weighted by Gasteiger charge is 2.27. The molecule has 1 aliphatic heterocycles. The summed E-state index contributed by atoms with van der Waals surface area (Å²) in [5.74, 6) is 1.09. The Kier molecular flexibility index (Phi) is 5.26. The summed E-state index contributed by atoms with van der Waals surface area (Å²) in [4.78, 5) is 33.1. The van der Waals surface area contributed by atoms with Crippen molar-refractivity contribution in [1.82, 2.24) is 14.9 Å². The Balaban J connectivity index is 1.41. The van der Waals surface area contributed by atoms with Crippen LogP contribution in [0.25, 0.3) is 11.0 Å². The highest BCUT2D eigenvalue weighted by atomic mass is 16.6. The molecule has 2 heterocycles. The number of amides is 1. The summed E-state index contributed by atoms with van der Waals surface area (Å²) in [5.41, 5.74) is 8.86. The standard InChI is InChI=1S/C21H23N5O3/c22-17(14-7-9-16(10-8-14)26(28)29)12-20(27)25-11-3-4-15(13-25)21-23-18-5-1-2-6-19(18)24-21/h1-2,5-10,15,17H,3-4,11-13,22H2,(H,23,24)/t15?,17-/m0/s1. The number of likely N-dealkylation sites (tertiary alicyclic amines) is 1. The fourth-order valence-corrected chi connectivity index (χ4v) is 3.87. The molecule has 1 aromatic heterocycles. The van der Waals surface area contributed by atoms with Crippen LogP contribution in [-0.4, -0.2) is 38.8 Å². The van der Waals surface area contributed by atoms with Gasteiger partial charge in [0.25, 0.3) is 5.69 Å². The number of fused-ring (bicyclic) bond motifs is 1. The molecule has 0 aliphatic carbocycles. The first kappa shape index (κ1) is 19.1. The molecular weight excluding hydrogens is 370 g/mol. The van der Waals surface area contributed by atoms with Crippen molar-refractivity contribution in [3.05, 3.63) is 70.0 Å². The number of aromatic nitrogens is 2. The first-order chi connectivity index (χ1) is 14.0. The van der Waals surface area contributed by atoms with Gasteiger partial charge in [-0.15, -0.1) is 0 Å². The maximum atomic E-state index is 12.8. The van der Waals surface area contributed by atoms with E-state index in [4.69, 9.17) is 5.73 Å². The fraction of sp³-hybridized carbons (Fsp3) is 0.333. The van der Waals surface area contributed by atoms with Crippen molar-refractivity contribution in [1.29, 1.82) is 0 Å². The summed E-state index contributed by atoms with van der Waals surface area (Å²) < 4.78 is 0. The van der Waals surface area contributed by atoms with Gasteiger partial charge in [0.1, 0.15) is 5.82 Å². The Morgan fingerprint density at radius 2 is 2.03 bits per heavy atom. The van der Waals surface area contributed by atoms with E-state index in [1.807, 2.05) is 29.2 Å². The van der Waals surface area contributed by atoms with Gasteiger partial charge in [0.15, 0.2) is 0 Å². The third kappa shape index (κ3) is 4.12. The second kappa shape index (κ2) is 8.00. The molecule has 0 radical (unpaired) electrons. The molecule has 0 spiro atoms. The molecule has 8 nitrogen and oxygen atoms in total. The average molecular weight is 393 g/mol. The zero-order chi connectivity index (χ0) is 20.4. The summed E-state index contributed by atoms with van der Waals surface area (Å²) in [7, 11) is 0. The number of benzene rings is 2. The molecule has 0 bridgehead atoms. The lowest BCUT2D eigenvalue weighted by molar-refractivity contribution is -0.384. The van der Waals surface area contributed by atoms with Gasteiger partial charge in [-0.2, -0.15) is 0 Å². The van der Waals surface area contributed by atoms with Crippen molar-refractivity contribution in [2.75, 3.05) is 13.1 Å². The van der Waals surface area contributed by atoms with Gasteiger partial charge in [0, 0.05) is 43.6 Å². The summed E-state index contributed by atoms with van der Waals surface area (Å²) in [6, 6.07) is 13.5. The molecule has 1 saturated heterocycles. The molecule has 0 saturated carbocycles. The first-order valence-corrected chi connectivity index (χ1v) is 9.73. The van der Waals surface area contributed by atoms with Crippen molar-refractivity contribution in [3.63, 3.8) is 0 Å². The van der Waals surface area contributed by atoms with E-state index in [1.165, 1.54) is 12.1 Å². The van der Waals surface area contributed by atoms with Gasteiger partial charge in [-0.05, 0) is 30.5 Å². The number of para-hydroxylation sites is 2. The predicted molar refractivity (Wildman–Crippen MR) is 109 cm³/mol. The van der Waals surface area contributed by atoms with Crippen molar-refractivity contribution in [2.45, 2.75) is 31.2 Å². The Morgan fingerprint density at radius 3 is 2.76 bits per heavy atom. The maximum absolute atomic E-state index is 12.8. The molecule has 4 rings (SSSR count). The van der Waals surface area contributed by atoms with E-state index in [9.17, 15) is 14.9 Å². The summed E-state index contributed by atoms with van der Waals surface area (Å²) in [5, 5.41) is 10.8. The number of nitro groups is 1. The molecule has 1 aliphatic rings. The largest absolute Gasteiger partial charge is 0.342 e. The van der Waals surface area contributed by atoms with Gasteiger partial charge in [-0.3, -0.25) is 14.9 Å². The topological polar surface area (TPSA) is 118 Å². The van der Waals surface area contributed by atoms with Crippen LogP contribution in [0.2, 0.25) is 0 Å². The SMILES string of the molecule is N[C@@H](CC(=O)N1CCCC(c2nc3ccccc3[nH]2)C1)c1ccc([N+](=O)[O-])cc1. The van der Waals surface area contributed by atoms with E-state index >= 15 is 0 Å². The minimum atomic E-state index is -0.491. The smallest absolute Gasteiger partial charge is 0.269 e. The Morgan fingerprint density at radius 1 is 1.28 bits per heavy atom. The van der Waals surface area contributed by atoms with Crippen LogP contribution in [0.5, 0.6) is 0 Å². The van der Waals surface area contributed by atoms with Crippen LogP contribution in [0.1, 0.15) is 42.6 Å². The lowest BCUT2D eigenvalue weighted by Gasteiger charge is -2.32. The Bertz CT molecular complexity index is 997. The lowest BCUT2D eigenvalue weighted by Crippen LogP contribution is -2.40. The minimum absolute atomic E-state index is 0.00309. The number of hydrogen-bond donors (Lipinski definition) is 2. The fourth-order valence-electron chi connectivity index (χ4n) is 3.87. The minimum Gasteiger partial charge on any atom is -0.342 e. The van der Waals surface area contributed by atoms with Gasteiger partial charge in [-0.25, -0.2) is 4.98 Å². The number of nitrogens with one attached hydrogen (secondary N) is 1. The highest BCUT2D eigenvalue weighted by molar-refractivity contribution is 5.77. The predicted octanol–water partition coefficient (Wildman–Crippen LogP) is 3.27. The lowest BCUT2D eigenvalue weighted by atomic mass is 9.96. The number of piperidine rings is 1. The maximum Gasteiger partial charge on any atom is 0.269 e. The van der Waals surface area contributed by atoms with Crippen LogP contribution in [0.4, 0.5) is 5.69 Å². The van der Waals surface area contributed by atoms with Crippen molar-refractivity contribution >= 4 is 22.6 Å². The summed E-state index contributed by atoms with van der Waals surface area (Å²) in [6.45, 7) is 1.33. The quantitative estimate of drug-likeness (QED) is 0.509. The van der Waals surface area contributed by atoms with Gasteiger partial charge in [0.2, 0.25) is 5.91 Å². The van der Waals surface area contributed by atoms with E-state index < -0.39 is 11.0 Å². The van der Waals surface area contributed by atoms with Crippen molar-refractivity contribution in [3.8, 4) is 0 Å². The van der Waals surface area contributed by atoms with Crippen LogP contribution < -0.4 is 5.73 Å². The molecule has 1 unspecified atom stereocenters.